The molecule has 1 unspecified atom stereocenters. The number of imide groups is 2. The Bertz CT molecular complexity index is 966. The number of likely N-dealkylation sites (tertiary alicyclic amines) is 1. The number of nitrogens with zero attached hydrogens (tertiary/aromatic N) is 2. The normalized spacial score (nSPS) is 25.6. The van der Waals surface area contributed by atoms with E-state index in [0.29, 0.717) is 9.80 Å². The maximum atomic E-state index is 13.3. The molecule has 2 heterocycles. The molecule has 1 aromatic carbocycles. The average molecular weight is 414 g/mol. The van der Waals surface area contributed by atoms with Crippen LogP contribution in [0.1, 0.15) is 59.2 Å². The van der Waals surface area contributed by atoms with Gasteiger partial charge in [0.2, 0.25) is 17.2 Å². The lowest BCUT2D eigenvalue weighted by atomic mass is 9.63. The first kappa shape index (κ1) is 19.7. The molecule has 1 aliphatic carbocycles. The molecule has 1 aromatic rings. The quantitative estimate of drug-likeness (QED) is 0.544. The Balaban J connectivity index is 2.06. The summed E-state index contributed by atoms with van der Waals surface area (Å²) in [5.41, 5.74) is -5.28. The first-order valence-corrected chi connectivity index (χ1v) is 9.51. The SMILES string of the molecule is O=C1CCC(=O)N1C1(N2C(=O)c3ccccc3C2=O)CCCCC1(C(=O)O)C(=O)O. The van der Waals surface area contributed by atoms with Gasteiger partial charge in [-0.3, -0.25) is 33.7 Å². The Morgan fingerprint density at radius 1 is 0.767 bits per heavy atom. The van der Waals surface area contributed by atoms with Gasteiger partial charge in [0.05, 0.1) is 11.1 Å². The summed E-state index contributed by atoms with van der Waals surface area (Å²) in [7, 11) is 0. The molecule has 0 radical (unpaired) electrons. The van der Waals surface area contributed by atoms with Crippen molar-refractivity contribution in [3.8, 4) is 0 Å². The first-order valence-electron chi connectivity index (χ1n) is 9.51. The van der Waals surface area contributed by atoms with E-state index >= 15 is 0 Å². The number of rotatable bonds is 4. The van der Waals surface area contributed by atoms with E-state index in [9.17, 15) is 39.0 Å². The number of hydrogen-bond donors (Lipinski definition) is 2. The standard InChI is InChI=1S/C20H18N2O8/c23-13-7-8-14(24)21(13)20(10-4-3-9-19(20,17(27)28)18(29)30)22-15(25)11-5-1-2-6-12(11)16(22)26/h1-2,5-6H,3-4,7-10H2,(H,27,28)(H,29,30). The van der Waals surface area contributed by atoms with Gasteiger partial charge in [0.25, 0.3) is 11.8 Å². The molecular weight excluding hydrogens is 396 g/mol. The van der Waals surface area contributed by atoms with E-state index in [2.05, 4.69) is 0 Å². The van der Waals surface area contributed by atoms with E-state index in [1.807, 2.05) is 0 Å². The number of amides is 4. The van der Waals surface area contributed by atoms with Crippen LogP contribution in [0.5, 0.6) is 0 Å². The van der Waals surface area contributed by atoms with Gasteiger partial charge in [-0.2, -0.15) is 0 Å². The van der Waals surface area contributed by atoms with Gasteiger partial charge in [-0.05, 0) is 31.4 Å². The molecule has 2 N–H and O–H groups in total. The largest absolute Gasteiger partial charge is 0.480 e. The van der Waals surface area contributed by atoms with Crippen molar-refractivity contribution in [3.05, 3.63) is 35.4 Å². The topological polar surface area (TPSA) is 149 Å². The van der Waals surface area contributed by atoms with Crippen molar-refractivity contribution in [2.75, 3.05) is 0 Å². The van der Waals surface area contributed by atoms with Crippen molar-refractivity contribution in [2.45, 2.75) is 44.2 Å². The molecule has 3 aliphatic rings. The van der Waals surface area contributed by atoms with Crippen LogP contribution in [-0.4, -0.2) is 61.2 Å². The Hall–Kier alpha value is -3.56. The number of benzene rings is 1. The molecule has 4 rings (SSSR count). The summed E-state index contributed by atoms with van der Waals surface area (Å²) in [6.45, 7) is 0. The van der Waals surface area contributed by atoms with E-state index < -0.39 is 53.1 Å². The number of carboxylic acid groups (broad SMARTS) is 2. The number of carbonyl (C=O) groups excluding carboxylic acids is 4. The highest BCUT2D eigenvalue weighted by Gasteiger charge is 2.74. The molecule has 0 spiro atoms. The molecule has 0 aromatic heterocycles. The first-order chi connectivity index (χ1) is 14.2. The smallest absolute Gasteiger partial charge is 0.325 e. The van der Waals surface area contributed by atoms with Crippen molar-refractivity contribution in [1.29, 1.82) is 0 Å². The fourth-order valence-electron chi connectivity index (χ4n) is 5.04. The highest BCUT2D eigenvalue weighted by molar-refractivity contribution is 6.23. The highest BCUT2D eigenvalue weighted by Crippen LogP contribution is 2.54. The van der Waals surface area contributed by atoms with Crippen LogP contribution in [-0.2, 0) is 19.2 Å². The summed E-state index contributed by atoms with van der Waals surface area (Å²) in [6, 6.07) is 5.75. The maximum absolute atomic E-state index is 13.3. The monoisotopic (exact) mass is 414 g/mol. The van der Waals surface area contributed by atoms with Crippen LogP contribution in [0, 0.1) is 5.41 Å². The second-order valence-corrected chi connectivity index (χ2v) is 7.65. The highest BCUT2D eigenvalue weighted by atomic mass is 16.4. The molecule has 30 heavy (non-hydrogen) atoms. The third-order valence-electron chi connectivity index (χ3n) is 6.33. The number of aliphatic carboxylic acids is 2. The van der Waals surface area contributed by atoms with Gasteiger partial charge in [-0.25, -0.2) is 4.90 Å². The summed E-state index contributed by atoms with van der Waals surface area (Å²) in [6.07, 6.45) is -0.860. The van der Waals surface area contributed by atoms with Gasteiger partial charge < -0.3 is 10.2 Å². The predicted octanol–water partition coefficient (Wildman–Crippen LogP) is 0.857. The molecule has 1 saturated heterocycles. The zero-order chi connectivity index (χ0) is 21.8. The fourth-order valence-corrected chi connectivity index (χ4v) is 5.04. The van der Waals surface area contributed by atoms with Crippen molar-refractivity contribution < 1.29 is 39.0 Å². The Morgan fingerprint density at radius 3 is 1.70 bits per heavy atom. The third-order valence-corrected chi connectivity index (χ3v) is 6.33. The zero-order valence-electron chi connectivity index (χ0n) is 15.8. The van der Waals surface area contributed by atoms with Gasteiger partial charge in [-0.1, -0.05) is 18.6 Å². The van der Waals surface area contributed by atoms with Crippen LogP contribution >= 0.6 is 0 Å². The van der Waals surface area contributed by atoms with Crippen LogP contribution in [0.2, 0.25) is 0 Å². The lowest BCUT2D eigenvalue weighted by molar-refractivity contribution is -0.197. The van der Waals surface area contributed by atoms with Crippen LogP contribution < -0.4 is 0 Å². The molecule has 2 aliphatic heterocycles. The molecule has 1 atom stereocenters. The van der Waals surface area contributed by atoms with Crippen LogP contribution in [0.4, 0.5) is 0 Å². The summed E-state index contributed by atoms with van der Waals surface area (Å²) in [5.74, 6) is -7.05. The summed E-state index contributed by atoms with van der Waals surface area (Å²) in [5, 5.41) is 20.2. The van der Waals surface area contributed by atoms with E-state index in [1.165, 1.54) is 24.3 Å². The van der Waals surface area contributed by atoms with Crippen molar-refractivity contribution in [2.24, 2.45) is 5.41 Å². The average Bonchev–Trinajstić information content (AvgIpc) is 3.18. The van der Waals surface area contributed by atoms with E-state index in [1.54, 1.807) is 0 Å². The molecule has 2 fully saturated rings. The summed E-state index contributed by atoms with van der Waals surface area (Å²) < 4.78 is 0. The Kier molecular flexibility index (Phi) is 4.26. The second-order valence-electron chi connectivity index (χ2n) is 7.65. The predicted molar refractivity (Wildman–Crippen MR) is 96.9 cm³/mol. The molecule has 1 saturated carbocycles. The van der Waals surface area contributed by atoms with Crippen molar-refractivity contribution in [1.82, 2.24) is 9.80 Å². The fraction of sp³-hybridized carbons (Fsp3) is 0.400. The number of carboxylic acids is 2. The number of carbonyl (C=O) groups is 6. The molecule has 0 bridgehead atoms. The van der Waals surface area contributed by atoms with E-state index in [4.69, 9.17) is 0 Å². The van der Waals surface area contributed by atoms with Gasteiger partial charge in [0.15, 0.2) is 5.66 Å². The minimum atomic E-state index is -2.74. The van der Waals surface area contributed by atoms with Crippen LogP contribution in [0.15, 0.2) is 24.3 Å². The summed E-state index contributed by atoms with van der Waals surface area (Å²) >= 11 is 0. The second kappa shape index (κ2) is 6.48. The third kappa shape index (κ3) is 2.18. The maximum Gasteiger partial charge on any atom is 0.325 e. The Morgan fingerprint density at radius 2 is 1.23 bits per heavy atom. The van der Waals surface area contributed by atoms with Crippen LogP contribution in [0.3, 0.4) is 0 Å². The molecule has 10 nitrogen and oxygen atoms in total. The molecule has 4 amide bonds. The molecule has 156 valence electrons. The molecule has 10 heteroatoms. The minimum absolute atomic E-state index is 0.0313. The lowest BCUT2D eigenvalue weighted by Gasteiger charge is -2.55. The number of hydrogen-bond acceptors (Lipinski definition) is 6. The lowest BCUT2D eigenvalue weighted by Crippen LogP contribution is -2.76. The Labute approximate surface area is 170 Å². The van der Waals surface area contributed by atoms with Crippen LogP contribution in [0.25, 0.3) is 0 Å². The van der Waals surface area contributed by atoms with Gasteiger partial charge in [-0.15, -0.1) is 0 Å². The summed E-state index contributed by atoms with van der Waals surface area (Å²) in [4.78, 5) is 78.1. The zero-order valence-corrected chi connectivity index (χ0v) is 15.8. The van der Waals surface area contributed by atoms with Gasteiger partial charge >= 0.3 is 11.9 Å². The van der Waals surface area contributed by atoms with Crippen molar-refractivity contribution >= 4 is 35.6 Å². The van der Waals surface area contributed by atoms with E-state index in [-0.39, 0.29) is 43.2 Å². The van der Waals surface area contributed by atoms with Gasteiger partial charge in [0, 0.05) is 12.8 Å². The van der Waals surface area contributed by atoms with Crippen molar-refractivity contribution in [3.63, 3.8) is 0 Å². The van der Waals surface area contributed by atoms with E-state index in [0.717, 1.165) is 0 Å². The van der Waals surface area contributed by atoms with Gasteiger partial charge in [0.1, 0.15) is 0 Å². The minimum Gasteiger partial charge on any atom is -0.480 e. The number of fused-ring (bicyclic) bond motifs is 1. The molecular formula is C20H18N2O8.